The van der Waals surface area contributed by atoms with Gasteiger partial charge in [0, 0.05) is 6.42 Å². The van der Waals surface area contributed by atoms with Gasteiger partial charge in [0.1, 0.15) is 30.3 Å². The fraction of sp³-hybridized carbons (Fsp3) is 0.769. The monoisotopic (exact) mass is 506 g/mol. The predicted octanol–water partition coefficient (Wildman–Crippen LogP) is 3.76. The second kappa shape index (κ2) is 15.1. The zero-order chi connectivity index (χ0) is 25.8. The van der Waals surface area contributed by atoms with Crippen molar-refractivity contribution in [2.75, 3.05) is 6.61 Å². The van der Waals surface area contributed by atoms with Gasteiger partial charge in [-0.1, -0.05) is 84.0 Å². The molecule has 0 radical (unpaired) electrons. The van der Waals surface area contributed by atoms with Crippen molar-refractivity contribution in [3.8, 4) is 0 Å². The van der Waals surface area contributed by atoms with E-state index in [9.17, 15) is 19.8 Å². The number of unbranched alkanes of at least 4 members (excludes halogenated alkanes) is 12. The average molecular weight is 507 g/mol. The molecule has 0 aromatic carbocycles. The number of rotatable bonds is 17. The van der Waals surface area contributed by atoms with E-state index in [2.05, 4.69) is 22.0 Å². The van der Waals surface area contributed by atoms with E-state index in [1.54, 1.807) is 0 Å². The van der Waals surface area contributed by atoms with E-state index in [1.165, 1.54) is 81.4 Å². The minimum atomic E-state index is -1.31. The first-order valence-electron chi connectivity index (χ1n) is 13.6. The predicted molar refractivity (Wildman–Crippen MR) is 135 cm³/mol. The number of hydrogen-bond acceptors (Lipinski definition) is 8. The van der Waals surface area contributed by atoms with Gasteiger partial charge >= 0.3 is 5.97 Å². The molecule has 4 atom stereocenters. The summed E-state index contributed by atoms with van der Waals surface area (Å²) >= 11 is 0. The average Bonchev–Trinajstić information content (AvgIpc) is 3.42. The Labute approximate surface area is 212 Å². The van der Waals surface area contributed by atoms with Crippen LogP contribution in [0.3, 0.4) is 0 Å². The van der Waals surface area contributed by atoms with E-state index >= 15 is 0 Å². The lowest BCUT2D eigenvalue weighted by Gasteiger charge is -2.15. The molecule has 36 heavy (non-hydrogen) atoms. The molecule has 0 bridgehead atoms. The van der Waals surface area contributed by atoms with Gasteiger partial charge in [-0.2, -0.15) is 5.10 Å². The molecule has 1 saturated heterocycles. The Morgan fingerprint density at radius 1 is 1.00 bits per heavy atom. The van der Waals surface area contributed by atoms with Gasteiger partial charge in [0.25, 0.3) is 5.56 Å². The maximum atomic E-state index is 12.1. The van der Waals surface area contributed by atoms with E-state index in [1.807, 2.05) is 0 Å². The Morgan fingerprint density at radius 2 is 1.61 bits per heavy atom. The molecule has 1 fully saturated rings. The first-order valence-corrected chi connectivity index (χ1v) is 13.6. The van der Waals surface area contributed by atoms with Crippen molar-refractivity contribution in [3.63, 3.8) is 0 Å². The Kier molecular flexibility index (Phi) is 11.8. The van der Waals surface area contributed by atoms with E-state index in [0.29, 0.717) is 6.42 Å². The van der Waals surface area contributed by atoms with Gasteiger partial charge in [0.05, 0.1) is 12.5 Å². The summed E-state index contributed by atoms with van der Waals surface area (Å²) in [5, 5.41) is 25.1. The number of esters is 1. The van der Waals surface area contributed by atoms with E-state index in [0.717, 1.165) is 19.3 Å². The fourth-order valence-electron chi connectivity index (χ4n) is 4.66. The summed E-state index contributed by atoms with van der Waals surface area (Å²) in [5.74, 6) is -0.343. The molecule has 1 aliphatic rings. The topological polar surface area (TPSA) is 140 Å². The molecule has 3 N–H and O–H groups in total. The lowest BCUT2D eigenvalue weighted by atomic mass is 10.0. The van der Waals surface area contributed by atoms with Crippen LogP contribution >= 0.6 is 0 Å². The summed E-state index contributed by atoms with van der Waals surface area (Å²) in [6.45, 7) is 2.08. The Hall–Kier alpha value is -2.30. The minimum Gasteiger partial charge on any atom is -0.463 e. The van der Waals surface area contributed by atoms with Crippen molar-refractivity contribution >= 4 is 17.0 Å². The van der Waals surface area contributed by atoms with Crippen molar-refractivity contribution in [1.29, 1.82) is 0 Å². The van der Waals surface area contributed by atoms with E-state index < -0.39 is 24.5 Å². The summed E-state index contributed by atoms with van der Waals surface area (Å²) < 4.78 is 12.3. The maximum Gasteiger partial charge on any atom is 0.305 e. The summed E-state index contributed by atoms with van der Waals surface area (Å²) in [7, 11) is 0. The summed E-state index contributed by atoms with van der Waals surface area (Å²) in [6, 6.07) is 0. The van der Waals surface area contributed by atoms with E-state index in [4.69, 9.17) is 9.47 Å². The third kappa shape index (κ3) is 8.11. The van der Waals surface area contributed by atoms with Gasteiger partial charge in [-0.25, -0.2) is 9.67 Å². The van der Waals surface area contributed by atoms with Crippen LogP contribution < -0.4 is 5.56 Å². The number of aromatic amines is 1. The van der Waals surface area contributed by atoms with Crippen LogP contribution in [0, 0.1) is 0 Å². The Balaban J connectivity index is 1.26. The van der Waals surface area contributed by atoms with Crippen LogP contribution in [0.5, 0.6) is 0 Å². The smallest absolute Gasteiger partial charge is 0.305 e. The number of aromatic nitrogens is 4. The molecule has 3 rings (SSSR count). The highest BCUT2D eigenvalue weighted by Crippen LogP contribution is 2.30. The third-order valence-corrected chi connectivity index (χ3v) is 6.87. The van der Waals surface area contributed by atoms with Crippen molar-refractivity contribution < 1.29 is 24.5 Å². The Morgan fingerprint density at radius 3 is 2.25 bits per heavy atom. The first-order chi connectivity index (χ1) is 17.5. The minimum absolute atomic E-state index is 0.167. The maximum absolute atomic E-state index is 12.1. The number of carbonyl (C=O) groups is 1. The number of carbonyl (C=O) groups excluding carboxylic acids is 1. The molecule has 3 heterocycles. The molecule has 0 saturated carbocycles. The molecule has 1 aliphatic heterocycles. The highest BCUT2D eigenvalue weighted by atomic mass is 16.6. The molecule has 0 aliphatic carbocycles. The van der Waals surface area contributed by atoms with E-state index in [-0.39, 0.29) is 29.2 Å². The number of aliphatic hydroxyl groups is 2. The second-order valence-corrected chi connectivity index (χ2v) is 9.78. The highest BCUT2D eigenvalue weighted by Gasteiger charge is 2.45. The van der Waals surface area contributed by atoms with Crippen LogP contribution in [0.4, 0.5) is 0 Å². The van der Waals surface area contributed by atoms with Crippen LogP contribution in [0.2, 0.25) is 0 Å². The van der Waals surface area contributed by atoms with Crippen LogP contribution in [-0.2, 0) is 14.3 Å². The van der Waals surface area contributed by atoms with Gasteiger partial charge in [-0.3, -0.25) is 9.59 Å². The van der Waals surface area contributed by atoms with Crippen LogP contribution in [0.15, 0.2) is 17.3 Å². The van der Waals surface area contributed by atoms with Crippen molar-refractivity contribution in [3.05, 3.63) is 22.9 Å². The van der Waals surface area contributed by atoms with Crippen molar-refractivity contribution in [2.24, 2.45) is 0 Å². The summed E-state index contributed by atoms with van der Waals surface area (Å²) in [6.07, 6.45) is 14.5. The molecule has 10 nitrogen and oxygen atoms in total. The zero-order valence-electron chi connectivity index (χ0n) is 21.4. The Bertz CT molecular complexity index is 977. The molecular weight excluding hydrogens is 464 g/mol. The molecule has 0 amide bonds. The number of H-pyrrole nitrogens is 1. The van der Waals surface area contributed by atoms with Crippen molar-refractivity contribution in [2.45, 2.75) is 121 Å². The van der Waals surface area contributed by atoms with Crippen LogP contribution in [0.1, 0.15) is 103 Å². The lowest BCUT2D eigenvalue weighted by Crippen LogP contribution is -2.34. The molecule has 202 valence electrons. The van der Waals surface area contributed by atoms with Crippen LogP contribution in [0.25, 0.3) is 11.0 Å². The van der Waals surface area contributed by atoms with Crippen molar-refractivity contribution in [1.82, 2.24) is 19.7 Å². The molecule has 0 spiro atoms. The number of ether oxygens (including phenoxy) is 2. The number of fused-ring (bicyclic) bond motifs is 1. The standard InChI is InChI=1S/C26H42N4O6/c1-2-3-4-5-6-7-8-9-10-11-12-13-14-15-21(31)35-17-20-22(32)23(33)26(36-20)30-24-19(16-29-30)25(34)28-18-27-24/h16,18,20,22-23,26,32-33H,2-15,17H2,1H3,(H,27,28,34)/t20-,22-,23-,26-/m1/s1. The summed E-state index contributed by atoms with van der Waals surface area (Å²) in [4.78, 5) is 30.5. The third-order valence-electron chi connectivity index (χ3n) is 6.87. The molecule has 2 aromatic heterocycles. The zero-order valence-corrected chi connectivity index (χ0v) is 21.4. The van der Waals surface area contributed by atoms with Gasteiger partial charge in [0.2, 0.25) is 0 Å². The first kappa shape index (κ1) is 28.3. The van der Waals surface area contributed by atoms with Gasteiger partial charge in [0.15, 0.2) is 11.9 Å². The second-order valence-electron chi connectivity index (χ2n) is 9.78. The van der Waals surface area contributed by atoms with Gasteiger partial charge in [-0.05, 0) is 6.42 Å². The largest absolute Gasteiger partial charge is 0.463 e. The number of hydrogen-bond donors (Lipinski definition) is 3. The summed E-state index contributed by atoms with van der Waals surface area (Å²) in [5.41, 5.74) is -0.131. The number of aliphatic hydroxyl groups excluding tert-OH is 2. The normalized spacial score (nSPS) is 21.9. The molecule has 10 heteroatoms. The SMILES string of the molecule is CCCCCCCCCCCCCCCC(=O)OC[C@H]1O[C@@H](n2ncc3c(=O)[nH]cnc32)[C@H](O)[C@@H]1O. The molecule has 0 unspecified atom stereocenters. The quantitative estimate of drug-likeness (QED) is 0.218. The highest BCUT2D eigenvalue weighted by molar-refractivity contribution is 5.72. The number of nitrogens with zero attached hydrogens (tertiary/aromatic N) is 3. The fourth-order valence-corrected chi connectivity index (χ4v) is 4.66. The number of nitrogens with one attached hydrogen (secondary N) is 1. The van der Waals surface area contributed by atoms with Crippen LogP contribution in [-0.4, -0.2) is 60.8 Å². The van der Waals surface area contributed by atoms with Gasteiger partial charge < -0.3 is 24.7 Å². The van der Waals surface area contributed by atoms with Gasteiger partial charge in [-0.15, -0.1) is 0 Å². The lowest BCUT2D eigenvalue weighted by molar-refractivity contribution is -0.150. The molecular formula is C26H42N4O6. The molecule has 2 aromatic rings.